The van der Waals surface area contributed by atoms with E-state index in [4.69, 9.17) is 14.9 Å². The predicted octanol–water partition coefficient (Wildman–Crippen LogP) is 2.97. The zero-order valence-corrected chi connectivity index (χ0v) is 17.5. The van der Waals surface area contributed by atoms with Gasteiger partial charge in [-0.05, 0) is 32.1 Å². The van der Waals surface area contributed by atoms with Gasteiger partial charge in [-0.3, -0.25) is 4.79 Å². The fraction of sp³-hybridized carbons (Fsp3) is 0.609. The van der Waals surface area contributed by atoms with Crippen LogP contribution in [0.15, 0.2) is 48.6 Å². The van der Waals surface area contributed by atoms with Crippen LogP contribution in [0.2, 0.25) is 0 Å². The van der Waals surface area contributed by atoms with Crippen LogP contribution in [0.4, 0.5) is 0 Å². The number of carbonyl (C=O) groups excluding carboxylic acids is 1. The van der Waals surface area contributed by atoms with Crippen LogP contribution in [0.3, 0.4) is 0 Å². The van der Waals surface area contributed by atoms with E-state index in [1.54, 1.807) is 36.5 Å². The highest BCUT2D eigenvalue weighted by atomic mass is 16.6. The molecule has 2 atom stereocenters. The van der Waals surface area contributed by atoms with Gasteiger partial charge in [-0.15, -0.1) is 0 Å². The molecule has 0 aromatic heterocycles. The molecule has 0 saturated carbocycles. The summed E-state index contributed by atoms with van der Waals surface area (Å²) in [6.07, 6.45) is 18.7. The van der Waals surface area contributed by atoms with Crippen LogP contribution in [-0.2, 0) is 9.53 Å². The van der Waals surface area contributed by atoms with E-state index in [0.29, 0.717) is 19.3 Å². The first-order chi connectivity index (χ1) is 14.0. The number of aliphatic hydroxyl groups excluding tert-OH is 4. The molecule has 6 nitrogen and oxygen atoms in total. The van der Waals surface area contributed by atoms with Crippen molar-refractivity contribution in [2.24, 2.45) is 0 Å². The average molecular weight is 411 g/mol. The number of rotatable bonds is 17. The maximum atomic E-state index is 11.5. The van der Waals surface area contributed by atoms with E-state index < -0.39 is 37.5 Å². The average Bonchev–Trinajstić information content (AvgIpc) is 2.71. The lowest BCUT2D eigenvalue weighted by atomic mass is 10.1. The van der Waals surface area contributed by atoms with Crippen molar-refractivity contribution in [3.63, 3.8) is 0 Å². The molecule has 29 heavy (non-hydrogen) atoms. The Labute approximate surface area is 174 Å². The Morgan fingerprint density at radius 2 is 1.55 bits per heavy atom. The monoisotopic (exact) mass is 410 g/mol. The largest absolute Gasteiger partial charge is 0.457 e. The molecule has 0 amide bonds. The molecule has 0 spiro atoms. The van der Waals surface area contributed by atoms with Crippen LogP contribution in [0, 0.1) is 0 Å². The summed E-state index contributed by atoms with van der Waals surface area (Å²) >= 11 is 0. The van der Waals surface area contributed by atoms with Crippen molar-refractivity contribution in [1.82, 2.24) is 0 Å². The van der Waals surface area contributed by atoms with Crippen molar-refractivity contribution in [1.29, 1.82) is 0 Å². The van der Waals surface area contributed by atoms with E-state index in [9.17, 15) is 15.0 Å². The number of ether oxygens (including phenoxy) is 1. The first kappa shape index (κ1) is 27.3. The number of allylic oxidation sites excluding steroid dienone is 5. The molecule has 0 rings (SSSR count). The zero-order chi connectivity index (χ0) is 21.7. The van der Waals surface area contributed by atoms with Crippen LogP contribution in [0.5, 0.6) is 0 Å². The molecular weight excluding hydrogens is 372 g/mol. The normalized spacial score (nSPS) is 14.7. The first-order valence-electron chi connectivity index (χ1n) is 10.5. The summed E-state index contributed by atoms with van der Waals surface area (Å²) in [5, 5.41) is 37.3. The van der Waals surface area contributed by atoms with Crippen molar-refractivity contribution in [2.75, 3.05) is 13.2 Å². The molecular formula is C23H38O6. The number of aliphatic hydroxyl groups is 4. The molecule has 6 heteroatoms. The number of esters is 1. The Hall–Kier alpha value is -1.73. The minimum Gasteiger partial charge on any atom is -0.457 e. The summed E-state index contributed by atoms with van der Waals surface area (Å²) in [7, 11) is 0. The fourth-order valence-electron chi connectivity index (χ4n) is 2.39. The van der Waals surface area contributed by atoms with E-state index in [1.807, 2.05) is 6.08 Å². The van der Waals surface area contributed by atoms with Crippen LogP contribution < -0.4 is 0 Å². The Morgan fingerprint density at radius 3 is 2.17 bits per heavy atom. The summed E-state index contributed by atoms with van der Waals surface area (Å²) in [4.78, 5) is 11.5. The summed E-state index contributed by atoms with van der Waals surface area (Å²) in [6.45, 7) is 1.35. The SMILES string of the molecule is CCCCC/C=C\C[C@H](O)/C=C/C=C/C=C\[C@H](O)CCCC(=O)OC(CO)CO. The Kier molecular flexibility index (Phi) is 18.4. The number of hydrogen-bond donors (Lipinski definition) is 4. The van der Waals surface area contributed by atoms with Gasteiger partial charge in [0.1, 0.15) is 6.10 Å². The fourth-order valence-corrected chi connectivity index (χ4v) is 2.39. The topological polar surface area (TPSA) is 107 Å². The summed E-state index contributed by atoms with van der Waals surface area (Å²) in [5.41, 5.74) is 0. The second-order valence-electron chi connectivity index (χ2n) is 6.86. The molecule has 0 aliphatic heterocycles. The maximum absolute atomic E-state index is 11.5. The second kappa shape index (κ2) is 19.6. The molecule has 0 unspecified atom stereocenters. The summed E-state index contributed by atoms with van der Waals surface area (Å²) in [5.74, 6) is -0.506. The predicted molar refractivity (Wildman–Crippen MR) is 115 cm³/mol. The Morgan fingerprint density at radius 1 is 0.897 bits per heavy atom. The van der Waals surface area contributed by atoms with Gasteiger partial charge in [-0.2, -0.15) is 0 Å². The van der Waals surface area contributed by atoms with E-state index in [0.717, 1.165) is 6.42 Å². The molecule has 0 aliphatic rings. The number of carbonyl (C=O) groups is 1. The molecule has 0 aromatic rings. The third-order valence-corrected chi connectivity index (χ3v) is 4.10. The van der Waals surface area contributed by atoms with Gasteiger partial charge in [0.2, 0.25) is 0 Å². The first-order valence-corrected chi connectivity index (χ1v) is 10.5. The third-order valence-electron chi connectivity index (χ3n) is 4.10. The highest BCUT2D eigenvalue weighted by Crippen LogP contribution is 2.05. The van der Waals surface area contributed by atoms with Gasteiger partial charge < -0.3 is 25.2 Å². The quantitative estimate of drug-likeness (QED) is 0.127. The second-order valence-corrected chi connectivity index (χ2v) is 6.86. The van der Waals surface area contributed by atoms with Gasteiger partial charge in [-0.25, -0.2) is 0 Å². The molecule has 0 heterocycles. The van der Waals surface area contributed by atoms with Gasteiger partial charge in [0.15, 0.2) is 0 Å². The molecule has 0 saturated heterocycles. The lowest BCUT2D eigenvalue weighted by Gasteiger charge is -2.12. The van der Waals surface area contributed by atoms with E-state index in [1.165, 1.54) is 19.3 Å². The molecule has 0 bridgehead atoms. The van der Waals surface area contributed by atoms with Crippen molar-refractivity contribution < 1.29 is 30.0 Å². The molecule has 0 radical (unpaired) electrons. The van der Waals surface area contributed by atoms with Crippen molar-refractivity contribution in [3.05, 3.63) is 48.6 Å². The zero-order valence-electron chi connectivity index (χ0n) is 17.5. The van der Waals surface area contributed by atoms with Crippen LogP contribution in [0.1, 0.15) is 58.3 Å². The highest BCUT2D eigenvalue weighted by molar-refractivity contribution is 5.69. The van der Waals surface area contributed by atoms with Crippen LogP contribution in [-0.4, -0.2) is 57.9 Å². The molecule has 166 valence electrons. The van der Waals surface area contributed by atoms with Crippen molar-refractivity contribution in [3.8, 4) is 0 Å². The molecule has 4 N–H and O–H groups in total. The molecule has 0 aliphatic carbocycles. The highest BCUT2D eigenvalue weighted by Gasteiger charge is 2.12. The van der Waals surface area contributed by atoms with Crippen molar-refractivity contribution in [2.45, 2.75) is 76.6 Å². The number of unbranched alkanes of at least 4 members (excludes halogenated alkanes) is 3. The number of hydrogen-bond acceptors (Lipinski definition) is 6. The lowest BCUT2D eigenvalue weighted by molar-refractivity contribution is -0.153. The van der Waals surface area contributed by atoms with E-state index >= 15 is 0 Å². The van der Waals surface area contributed by atoms with Gasteiger partial charge in [0.25, 0.3) is 0 Å². The molecule has 0 fully saturated rings. The minimum absolute atomic E-state index is 0.116. The van der Waals surface area contributed by atoms with Gasteiger partial charge in [-0.1, -0.05) is 68.4 Å². The Balaban J connectivity index is 3.91. The van der Waals surface area contributed by atoms with Gasteiger partial charge >= 0.3 is 5.97 Å². The van der Waals surface area contributed by atoms with Crippen LogP contribution >= 0.6 is 0 Å². The van der Waals surface area contributed by atoms with Gasteiger partial charge in [0.05, 0.1) is 25.4 Å². The molecule has 0 aromatic carbocycles. The third kappa shape index (κ3) is 18.1. The van der Waals surface area contributed by atoms with Gasteiger partial charge in [0, 0.05) is 6.42 Å². The summed E-state index contributed by atoms with van der Waals surface area (Å²) < 4.78 is 4.84. The minimum atomic E-state index is -0.883. The maximum Gasteiger partial charge on any atom is 0.306 e. The van der Waals surface area contributed by atoms with E-state index in [-0.39, 0.29) is 6.42 Å². The Bertz CT molecular complexity index is 505. The smallest absolute Gasteiger partial charge is 0.306 e. The standard InChI is InChI=1S/C23H38O6/c1-2-3-4-5-6-9-13-20(26)14-10-7-8-11-15-21(27)16-12-17-23(28)29-22(18-24)19-25/h6-11,14-15,20-22,24-27H,2-5,12-13,16-19H2,1H3/b8-7+,9-6-,14-10+,15-11-/t20-,21-/m0/s1. The van der Waals surface area contributed by atoms with E-state index in [2.05, 4.69) is 13.0 Å². The summed E-state index contributed by atoms with van der Waals surface area (Å²) in [6, 6.07) is 0. The lowest BCUT2D eigenvalue weighted by Crippen LogP contribution is -2.25. The van der Waals surface area contributed by atoms with Crippen LogP contribution in [0.25, 0.3) is 0 Å². The van der Waals surface area contributed by atoms with Crippen molar-refractivity contribution >= 4 is 5.97 Å².